The molecule has 0 saturated heterocycles. The summed E-state index contributed by atoms with van der Waals surface area (Å²) in [6.07, 6.45) is 2.76. The van der Waals surface area contributed by atoms with Crippen LogP contribution in [0.3, 0.4) is 0 Å². The van der Waals surface area contributed by atoms with Crippen LogP contribution in [0, 0.1) is 0 Å². The first kappa shape index (κ1) is 15.8. The number of nitrogens with one attached hydrogen (secondary N) is 1. The number of aliphatic hydroxyl groups is 1. The summed E-state index contributed by atoms with van der Waals surface area (Å²) >= 11 is 0. The molecule has 2 aromatic heterocycles. The van der Waals surface area contributed by atoms with E-state index >= 15 is 0 Å². The number of aromatic nitrogens is 3. The highest BCUT2D eigenvalue weighted by atomic mass is 16.3. The predicted molar refractivity (Wildman–Crippen MR) is 86.0 cm³/mol. The van der Waals surface area contributed by atoms with Crippen molar-refractivity contribution in [3.05, 3.63) is 23.5 Å². The van der Waals surface area contributed by atoms with Crippen LogP contribution < -0.4 is 5.32 Å². The molecule has 5 nitrogen and oxygen atoms in total. The molecule has 2 rings (SSSR count). The van der Waals surface area contributed by atoms with Crippen LogP contribution in [0.5, 0.6) is 0 Å². The van der Waals surface area contributed by atoms with Crippen LogP contribution in [-0.2, 0) is 0 Å². The van der Waals surface area contributed by atoms with E-state index in [4.69, 9.17) is 0 Å². The topological polar surface area (TPSA) is 62.5 Å². The van der Waals surface area contributed by atoms with Crippen molar-refractivity contribution in [1.82, 2.24) is 14.6 Å². The molecular formula is C16H26N4O. The second-order valence-electron chi connectivity index (χ2n) is 6.14. The van der Waals surface area contributed by atoms with Crippen LogP contribution in [0.4, 0.5) is 5.82 Å². The highest BCUT2D eigenvalue weighted by Crippen LogP contribution is 2.25. The Labute approximate surface area is 126 Å². The van der Waals surface area contributed by atoms with Gasteiger partial charge in [0.15, 0.2) is 5.65 Å². The molecule has 0 unspecified atom stereocenters. The number of anilines is 1. The molecular weight excluding hydrogens is 264 g/mol. The minimum atomic E-state index is 0.0287. The minimum Gasteiger partial charge on any atom is -0.394 e. The van der Waals surface area contributed by atoms with E-state index in [0.29, 0.717) is 11.8 Å². The third-order valence-corrected chi connectivity index (χ3v) is 3.80. The zero-order valence-corrected chi connectivity index (χ0v) is 13.6. The maximum atomic E-state index is 9.37. The van der Waals surface area contributed by atoms with Crippen LogP contribution in [0.2, 0.25) is 0 Å². The van der Waals surface area contributed by atoms with E-state index in [0.717, 1.165) is 23.6 Å². The Kier molecular flexibility index (Phi) is 4.83. The first-order valence-corrected chi connectivity index (χ1v) is 7.73. The third-order valence-electron chi connectivity index (χ3n) is 3.80. The van der Waals surface area contributed by atoms with Gasteiger partial charge >= 0.3 is 0 Å². The number of hydrogen-bond donors (Lipinski definition) is 2. The van der Waals surface area contributed by atoms with Crippen LogP contribution in [0.1, 0.15) is 64.1 Å². The summed E-state index contributed by atoms with van der Waals surface area (Å²) < 4.78 is 1.94. The largest absolute Gasteiger partial charge is 0.394 e. The quantitative estimate of drug-likeness (QED) is 0.858. The van der Waals surface area contributed by atoms with Gasteiger partial charge in [0.2, 0.25) is 0 Å². The number of imidazole rings is 1. The lowest BCUT2D eigenvalue weighted by Crippen LogP contribution is -2.24. The number of rotatable bonds is 6. The second kappa shape index (κ2) is 6.43. The van der Waals surface area contributed by atoms with E-state index in [2.05, 4.69) is 49.2 Å². The van der Waals surface area contributed by atoms with Crippen molar-refractivity contribution in [3.63, 3.8) is 0 Å². The predicted octanol–water partition coefficient (Wildman–Crippen LogP) is 3.16. The first-order chi connectivity index (χ1) is 9.97. The molecule has 0 bridgehead atoms. The average Bonchev–Trinajstić information content (AvgIpc) is 2.87. The molecule has 2 aromatic rings. The molecule has 2 N–H and O–H groups in total. The average molecular weight is 290 g/mol. The summed E-state index contributed by atoms with van der Waals surface area (Å²) in [5.74, 6) is 1.53. The Balaban J connectivity index is 2.54. The Morgan fingerprint density at radius 2 is 1.95 bits per heavy atom. The lowest BCUT2D eigenvalue weighted by molar-refractivity contribution is 0.271. The van der Waals surface area contributed by atoms with Crippen molar-refractivity contribution in [3.8, 4) is 0 Å². The Morgan fingerprint density at radius 3 is 2.48 bits per heavy atom. The van der Waals surface area contributed by atoms with Gasteiger partial charge in [-0.15, -0.1) is 5.10 Å². The summed E-state index contributed by atoms with van der Waals surface area (Å²) in [4.78, 5) is 4.54. The number of fused-ring (bicyclic) bond motifs is 1. The van der Waals surface area contributed by atoms with Gasteiger partial charge < -0.3 is 10.4 Å². The van der Waals surface area contributed by atoms with Gasteiger partial charge in [0.05, 0.1) is 24.5 Å². The molecule has 0 aliphatic heterocycles. The molecule has 0 spiro atoms. The fourth-order valence-electron chi connectivity index (χ4n) is 2.38. The number of nitrogens with zero attached hydrogens (tertiary/aromatic N) is 3. The molecule has 5 heteroatoms. The van der Waals surface area contributed by atoms with Gasteiger partial charge in [0.1, 0.15) is 5.82 Å². The van der Waals surface area contributed by atoms with Crippen molar-refractivity contribution in [2.24, 2.45) is 0 Å². The van der Waals surface area contributed by atoms with Crippen LogP contribution in [0.25, 0.3) is 5.65 Å². The van der Waals surface area contributed by atoms with Crippen LogP contribution in [0.15, 0.2) is 12.3 Å². The van der Waals surface area contributed by atoms with Gasteiger partial charge in [0, 0.05) is 5.56 Å². The van der Waals surface area contributed by atoms with Crippen molar-refractivity contribution in [2.75, 3.05) is 11.9 Å². The fraction of sp³-hybridized carbons (Fsp3) is 0.625. The van der Waals surface area contributed by atoms with Crippen molar-refractivity contribution < 1.29 is 5.11 Å². The molecule has 0 aromatic carbocycles. The molecule has 116 valence electrons. The lowest BCUT2D eigenvalue weighted by Gasteiger charge is -2.17. The molecule has 2 heterocycles. The Hall–Kier alpha value is -1.62. The molecule has 0 amide bonds. The zero-order valence-electron chi connectivity index (χ0n) is 13.6. The normalized spacial score (nSPS) is 13.3. The number of hydrogen-bond acceptors (Lipinski definition) is 4. The maximum Gasteiger partial charge on any atom is 0.157 e. The molecule has 0 saturated carbocycles. The van der Waals surface area contributed by atoms with Gasteiger partial charge in [-0.1, -0.05) is 34.6 Å². The molecule has 1 atom stereocenters. The van der Waals surface area contributed by atoms with Gasteiger partial charge in [-0.2, -0.15) is 0 Å². The maximum absolute atomic E-state index is 9.37. The van der Waals surface area contributed by atoms with E-state index in [1.807, 2.05) is 17.6 Å². The van der Waals surface area contributed by atoms with Crippen LogP contribution >= 0.6 is 0 Å². The van der Waals surface area contributed by atoms with Crippen molar-refractivity contribution >= 4 is 11.5 Å². The first-order valence-electron chi connectivity index (χ1n) is 7.73. The summed E-state index contributed by atoms with van der Waals surface area (Å²) in [6.45, 7) is 10.8. The summed E-state index contributed by atoms with van der Waals surface area (Å²) in [7, 11) is 0. The van der Waals surface area contributed by atoms with Crippen molar-refractivity contribution in [2.45, 2.75) is 58.9 Å². The Bertz CT molecular complexity index is 600. The molecule has 0 fully saturated rings. The summed E-state index contributed by atoms with van der Waals surface area (Å²) in [5, 5.41) is 17.4. The fourth-order valence-corrected chi connectivity index (χ4v) is 2.38. The van der Waals surface area contributed by atoms with E-state index in [9.17, 15) is 5.11 Å². The van der Waals surface area contributed by atoms with Crippen molar-refractivity contribution in [1.29, 1.82) is 0 Å². The highest BCUT2D eigenvalue weighted by molar-refractivity contribution is 5.55. The minimum absolute atomic E-state index is 0.0287. The third kappa shape index (κ3) is 3.18. The standard InChI is InChI=1S/C16H26N4O/c1-6-12(9-21)18-15-7-13(10(2)3)16-17-8-14(11(4)5)20(16)19-15/h7-8,10-12,21H,6,9H2,1-5H3,(H,18,19)/t12-/m1/s1. The van der Waals surface area contributed by atoms with Gasteiger partial charge in [-0.3, -0.25) is 0 Å². The van der Waals surface area contributed by atoms with E-state index in [1.54, 1.807) is 0 Å². The van der Waals surface area contributed by atoms with Gasteiger partial charge in [-0.05, 0) is 24.3 Å². The zero-order chi connectivity index (χ0) is 15.6. The summed E-state index contributed by atoms with van der Waals surface area (Å²) in [6, 6.07) is 2.08. The van der Waals surface area contributed by atoms with Gasteiger partial charge in [0.25, 0.3) is 0 Å². The molecule has 21 heavy (non-hydrogen) atoms. The SMILES string of the molecule is CC[C@H](CO)Nc1cc(C(C)C)c2ncc(C(C)C)n2n1. The monoisotopic (exact) mass is 290 g/mol. The summed E-state index contributed by atoms with van der Waals surface area (Å²) in [5.41, 5.74) is 3.20. The van der Waals surface area contributed by atoms with Crippen LogP contribution in [-0.4, -0.2) is 32.4 Å². The van der Waals surface area contributed by atoms with Gasteiger partial charge in [-0.25, -0.2) is 9.50 Å². The molecule has 0 aliphatic rings. The number of aliphatic hydroxyl groups excluding tert-OH is 1. The van der Waals surface area contributed by atoms with E-state index < -0.39 is 0 Å². The molecule has 0 aliphatic carbocycles. The van der Waals surface area contributed by atoms with E-state index in [-0.39, 0.29) is 12.6 Å². The molecule has 0 radical (unpaired) electrons. The smallest absolute Gasteiger partial charge is 0.157 e. The highest BCUT2D eigenvalue weighted by Gasteiger charge is 2.16. The Morgan fingerprint density at radius 1 is 1.24 bits per heavy atom. The second-order valence-corrected chi connectivity index (χ2v) is 6.14. The lowest BCUT2D eigenvalue weighted by atomic mass is 10.1. The van der Waals surface area contributed by atoms with E-state index in [1.165, 1.54) is 5.56 Å².